The summed E-state index contributed by atoms with van der Waals surface area (Å²) in [6.07, 6.45) is -0.905. The molecule has 3 aromatic rings. The molecule has 182 valence electrons. The molecule has 0 aliphatic heterocycles. The van der Waals surface area contributed by atoms with Crippen molar-refractivity contribution in [1.29, 1.82) is 0 Å². The summed E-state index contributed by atoms with van der Waals surface area (Å²) < 4.78 is 53.2. The molecule has 0 saturated heterocycles. The van der Waals surface area contributed by atoms with Crippen molar-refractivity contribution < 1.29 is 26.8 Å². The van der Waals surface area contributed by atoms with Crippen molar-refractivity contribution in [3.63, 3.8) is 0 Å². The van der Waals surface area contributed by atoms with Gasteiger partial charge < -0.3 is 14.1 Å². The van der Waals surface area contributed by atoms with E-state index in [1.807, 2.05) is 4.72 Å². The highest BCUT2D eigenvalue weighted by atomic mass is 35.5. The number of nitrogens with zero attached hydrogens (tertiary/aromatic N) is 1. The third-order valence-corrected chi connectivity index (χ3v) is 6.42. The minimum atomic E-state index is -3.95. The number of ether oxygens (including phenoxy) is 1. The second kappa shape index (κ2) is 10.2. The predicted molar refractivity (Wildman–Crippen MR) is 128 cm³/mol. The Morgan fingerprint density at radius 1 is 1.24 bits per heavy atom. The van der Waals surface area contributed by atoms with Gasteiger partial charge in [-0.25, -0.2) is 18.7 Å². The highest BCUT2D eigenvalue weighted by Crippen LogP contribution is 2.34. The molecule has 1 heterocycles. The molecule has 1 amide bonds. The van der Waals surface area contributed by atoms with Gasteiger partial charge in [0.2, 0.25) is 0 Å². The van der Waals surface area contributed by atoms with Crippen molar-refractivity contribution in [2.45, 2.75) is 12.3 Å². The van der Waals surface area contributed by atoms with E-state index in [-0.39, 0.29) is 45.5 Å². The molecule has 2 aromatic carbocycles. The van der Waals surface area contributed by atoms with E-state index in [0.29, 0.717) is 10.9 Å². The standard InChI is InChI=1S/C21H20Cl2FN3O6S/c1-25-34(30,31)26-16-6-4-5-11(19(16)24)7-13-14(10-22)12-8-15(23)18(33-21(29)27(2)3)9-17(12)32-20(13)28/h4-6,8-9,25-26H,7,10H2,1-3H3. The fraction of sp³-hybridized carbons (Fsp3) is 0.238. The SMILES string of the molecule is CNS(=O)(=O)Nc1cccc(Cc2c(CCl)c3cc(Cl)c(OC(=O)N(C)C)cc3oc2=O)c1F. The van der Waals surface area contributed by atoms with Gasteiger partial charge in [-0.15, -0.1) is 11.6 Å². The van der Waals surface area contributed by atoms with Crippen LogP contribution in [0.2, 0.25) is 5.02 Å². The van der Waals surface area contributed by atoms with Crippen LogP contribution in [0.1, 0.15) is 16.7 Å². The van der Waals surface area contributed by atoms with E-state index in [1.54, 1.807) is 0 Å². The number of hydrogen-bond acceptors (Lipinski definition) is 6. The molecular formula is C21H20Cl2FN3O6S. The topological polar surface area (TPSA) is 118 Å². The van der Waals surface area contributed by atoms with Gasteiger partial charge in [-0.1, -0.05) is 23.7 Å². The molecule has 0 radical (unpaired) electrons. The maximum Gasteiger partial charge on any atom is 0.414 e. The third kappa shape index (κ3) is 5.44. The van der Waals surface area contributed by atoms with Crippen LogP contribution in [0, 0.1) is 5.82 Å². The smallest absolute Gasteiger partial charge is 0.414 e. The highest BCUT2D eigenvalue weighted by molar-refractivity contribution is 7.90. The average Bonchev–Trinajstić information content (AvgIpc) is 2.77. The molecule has 0 aliphatic carbocycles. The molecule has 0 aliphatic rings. The average molecular weight is 532 g/mol. The van der Waals surface area contributed by atoms with Crippen LogP contribution in [0.4, 0.5) is 14.9 Å². The second-order valence-corrected chi connectivity index (χ2v) is 9.58. The molecular weight excluding hydrogens is 512 g/mol. The van der Waals surface area contributed by atoms with E-state index in [2.05, 4.69) is 4.72 Å². The van der Waals surface area contributed by atoms with Gasteiger partial charge in [0.25, 0.3) is 10.2 Å². The van der Waals surface area contributed by atoms with Crippen LogP contribution in [0.3, 0.4) is 0 Å². The van der Waals surface area contributed by atoms with Crippen molar-refractivity contribution in [3.8, 4) is 5.75 Å². The summed E-state index contributed by atoms with van der Waals surface area (Å²) in [5.41, 5.74) is -0.538. The van der Waals surface area contributed by atoms with Crippen molar-refractivity contribution in [1.82, 2.24) is 9.62 Å². The van der Waals surface area contributed by atoms with Crippen LogP contribution in [0.15, 0.2) is 39.5 Å². The molecule has 0 atom stereocenters. The van der Waals surface area contributed by atoms with Gasteiger partial charge in [0.15, 0.2) is 11.6 Å². The highest BCUT2D eigenvalue weighted by Gasteiger charge is 2.21. The summed E-state index contributed by atoms with van der Waals surface area (Å²) >= 11 is 12.4. The van der Waals surface area contributed by atoms with E-state index in [0.717, 1.165) is 0 Å². The summed E-state index contributed by atoms with van der Waals surface area (Å²) in [5.74, 6) is -0.997. The molecule has 0 spiro atoms. The third-order valence-electron chi connectivity index (χ3n) is 4.83. The van der Waals surface area contributed by atoms with Gasteiger partial charge in [-0.2, -0.15) is 8.42 Å². The fourth-order valence-electron chi connectivity index (χ4n) is 3.08. The Kier molecular flexibility index (Phi) is 7.71. The lowest BCUT2D eigenvalue weighted by molar-refractivity contribution is 0.172. The Morgan fingerprint density at radius 2 is 1.94 bits per heavy atom. The molecule has 3 rings (SSSR count). The summed E-state index contributed by atoms with van der Waals surface area (Å²) in [6.45, 7) is 0. The number of rotatable bonds is 7. The molecule has 1 aromatic heterocycles. The Balaban J connectivity index is 2.08. The monoisotopic (exact) mass is 531 g/mol. The zero-order valence-corrected chi connectivity index (χ0v) is 20.6. The molecule has 13 heteroatoms. The summed E-state index contributed by atoms with van der Waals surface area (Å²) in [7, 11) is 0.210. The van der Waals surface area contributed by atoms with Gasteiger partial charge in [0.05, 0.1) is 10.7 Å². The lowest BCUT2D eigenvalue weighted by atomic mass is 9.99. The maximum absolute atomic E-state index is 15.0. The first-order valence-electron chi connectivity index (χ1n) is 9.69. The second-order valence-electron chi connectivity index (χ2n) is 7.29. The Morgan fingerprint density at radius 3 is 2.56 bits per heavy atom. The van der Waals surface area contributed by atoms with Gasteiger partial charge in [0.1, 0.15) is 5.58 Å². The summed E-state index contributed by atoms with van der Waals surface area (Å²) in [6, 6.07) is 6.83. The molecule has 0 saturated carbocycles. The summed E-state index contributed by atoms with van der Waals surface area (Å²) in [4.78, 5) is 25.9. The molecule has 9 nitrogen and oxygen atoms in total. The fourth-order valence-corrected chi connectivity index (χ4v) is 4.14. The number of carbonyl (C=O) groups is 1. The van der Waals surface area contributed by atoms with Crippen molar-refractivity contribution >= 4 is 56.2 Å². The number of nitrogens with one attached hydrogen (secondary N) is 2. The maximum atomic E-state index is 15.0. The molecule has 0 fully saturated rings. The quantitative estimate of drug-likeness (QED) is 0.353. The zero-order valence-electron chi connectivity index (χ0n) is 18.2. The minimum Gasteiger partial charge on any atom is -0.422 e. The van der Waals surface area contributed by atoms with Crippen molar-refractivity contribution in [3.05, 3.63) is 68.3 Å². The van der Waals surface area contributed by atoms with Gasteiger partial charge >= 0.3 is 11.7 Å². The van der Waals surface area contributed by atoms with Gasteiger partial charge in [0, 0.05) is 50.5 Å². The van der Waals surface area contributed by atoms with Gasteiger partial charge in [-0.3, -0.25) is 4.72 Å². The normalized spacial score (nSPS) is 11.5. The van der Waals surface area contributed by atoms with E-state index in [9.17, 15) is 18.0 Å². The van der Waals surface area contributed by atoms with Crippen LogP contribution >= 0.6 is 23.2 Å². The number of fused-ring (bicyclic) bond motifs is 1. The van der Waals surface area contributed by atoms with E-state index in [4.69, 9.17) is 32.4 Å². The van der Waals surface area contributed by atoms with Crippen molar-refractivity contribution in [2.75, 3.05) is 25.9 Å². The van der Waals surface area contributed by atoms with Crippen LogP contribution in [-0.4, -0.2) is 40.6 Å². The Labute approximate surface area is 204 Å². The van der Waals surface area contributed by atoms with E-state index in [1.165, 1.54) is 56.4 Å². The zero-order chi connectivity index (χ0) is 25.2. The number of amides is 1. The lowest BCUT2D eigenvalue weighted by Gasteiger charge is -2.15. The molecule has 2 N–H and O–H groups in total. The number of benzene rings is 2. The first kappa shape index (κ1) is 25.8. The molecule has 0 unspecified atom stereocenters. The molecule has 0 bridgehead atoms. The predicted octanol–water partition coefficient (Wildman–Crippen LogP) is 3.85. The number of alkyl halides is 1. The minimum absolute atomic E-state index is 0.0140. The van der Waals surface area contributed by atoms with Crippen LogP contribution < -0.4 is 19.8 Å². The Hall–Kier alpha value is -2.86. The van der Waals surface area contributed by atoms with Gasteiger partial charge in [-0.05, 0) is 23.3 Å². The molecule has 34 heavy (non-hydrogen) atoms. The van der Waals surface area contributed by atoms with Crippen LogP contribution in [0.5, 0.6) is 5.75 Å². The first-order chi connectivity index (χ1) is 16.0. The summed E-state index contributed by atoms with van der Waals surface area (Å²) in [5, 5.41) is 0.454. The van der Waals surface area contributed by atoms with Crippen LogP contribution in [0.25, 0.3) is 11.0 Å². The number of anilines is 1. The number of hydrogen-bond donors (Lipinski definition) is 2. The van der Waals surface area contributed by atoms with E-state index < -0.39 is 27.7 Å². The lowest BCUT2D eigenvalue weighted by Crippen LogP contribution is -2.27. The van der Waals surface area contributed by atoms with Crippen molar-refractivity contribution in [2.24, 2.45) is 0 Å². The van der Waals surface area contributed by atoms with E-state index >= 15 is 4.39 Å². The first-order valence-corrected chi connectivity index (χ1v) is 12.1. The largest absolute Gasteiger partial charge is 0.422 e. The number of carbonyl (C=O) groups excluding carboxylic acids is 1. The number of halogens is 3. The Bertz CT molecular complexity index is 1430. The van der Waals surface area contributed by atoms with Crippen LogP contribution in [-0.2, 0) is 22.5 Å².